The molecule has 0 N–H and O–H groups in total. The molecular weight excluding hydrogens is 104 g/mol. The molecule has 8 heavy (non-hydrogen) atoms. The molecule has 0 aromatic carbocycles. The van der Waals surface area contributed by atoms with Crippen molar-refractivity contribution in [1.29, 1.82) is 0 Å². The number of allylic oxidation sites excluding steroid dienone is 1. The van der Waals surface area contributed by atoms with E-state index in [2.05, 4.69) is 28.3 Å². The van der Waals surface area contributed by atoms with Gasteiger partial charge in [0.05, 0.1) is 6.54 Å². The van der Waals surface area contributed by atoms with Gasteiger partial charge in [0.1, 0.15) is 0 Å². The van der Waals surface area contributed by atoms with Crippen molar-refractivity contribution in [2.45, 2.75) is 6.54 Å². The molecule has 1 radical (unpaired) electrons. The zero-order valence-electron chi connectivity index (χ0n) is 4.28. The Hall–Kier alpha value is -1.19. The predicted molar refractivity (Wildman–Crippen MR) is 26.8 cm³/mol. The van der Waals surface area contributed by atoms with Crippen LogP contribution in [-0.4, -0.2) is 20.2 Å². The van der Waals surface area contributed by atoms with E-state index in [4.69, 9.17) is 0 Å². The topological polar surface area (TPSA) is 43.6 Å². The third-order valence-corrected chi connectivity index (χ3v) is 0.645. The third-order valence-electron chi connectivity index (χ3n) is 0.645. The smallest absolute Gasteiger partial charge is 0.160 e. The Kier molecular flexibility index (Phi) is 1.37. The maximum absolute atomic E-state index is 3.60. The SMILES string of the molecule is C=CCn1n[c]nn1. The van der Waals surface area contributed by atoms with Crippen molar-refractivity contribution in [2.75, 3.05) is 0 Å². The van der Waals surface area contributed by atoms with Gasteiger partial charge in [-0.25, -0.2) is 0 Å². The first kappa shape index (κ1) is 4.96. The molecule has 1 rings (SSSR count). The van der Waals surface area contributed by atoms with Crippen LogP contribution >= 0.6 is 0 Å². The summed E-state index contributed by atoms with van der Waals surface area (Å²) in [5.41, 5.74) is 0. The summed E-state index contributed by atoms with van der Waals surface area (Å²) in [5, 5.41) is 10.5. The highest BCUT2D eigenvalue weighted by Crippen LogP contribution is 1.71. The molecule has 0 unspecified atom stereocenters. The van der Waals surface area contributed by atoms with Gasteiger partial charge in [-0.2, -0.15) is 4.80 Å². The summed E-state index contributed by atoms with van der Waals surface area (Å²) in [7, 11) is 0. The molecule has 0 atom stereocenters. The Labute approximate surface area is 46.8 Å². The minimum Gasteiger partial charge on any atom is -0.160 e. The fourth-order valence-corrected chi connectivity index (χ4v) is 0.356. The average Bonchev–Trinajstić information content (AvgIpc) is 2.19. The molecule has 0 aliphatic rings. The van der Waals surface area contributed by atoms with Crippen LogP contribution in [0.15, 0.2) is 12.7 Å². The van der Waals surface area contributed by atoms with Crippen LogP contribution in [0, 0.1) is 6.33 Å². The van der Waals surface area contributed by atoms with E-state index < -0.39 is 0 Å². The summed E-state index contributed by atoms with van der Waals surface area (Å²) in [6.45, 7) is 4.09. The molecule has 0 spiro atoms. The summed E-state index contributed by atoms with van der Waals surface area (Å²) in [4.78, 5) is 1.40. The van der Waals surface area contributed by atoms with Gasteiger partial charge in [-0.05, 0) is 5.21 Å². The molecule has 4 heteroatoms. The molecule has 1 heterocycles. The van der Waals surface area contributed by atoms with Crippen molar-refractivity contribution in [3.63, 3.8) is 0 Å². The van der Waals surface area contributed by atoms with Crippen molar-refractivity contribution < 1.29 is 0 Å². The summed E-state index contributed by atoms with van der Waals surface area (Å²) in [5.74, 6) is 0. The third kappa shape index (κ3) is 0.900. The number of tetrazole rings is 1. The molecular formula is C4H5N4. The van der Waals surface area contributed by atoms with Crippen LogP contribution in [0.4, 0.5) is 0 Å². The van der Waals surface area contributed by atoms with Gasteiger partial charge in [0, 0.05) is 0 Å². The number of hydrogen-bond donors (Lipinski definition) is 0. The zero-order chi connectivity index (χ0) is 5.82. The van der Waals surface area contributed by atoms with Crippen molar-refractivity contribution in [3.05, 3.63) is 19.0 Å². The highest BCUT2D eigenvalue weighted by atomic mass is 15.6. The average molecular weight is 109 g/mol. The highest BCUT2D eigenvalue weighted by molar-refractivity contribution is 4.62. The number of nitrogens with zero attached hydrogens (tertiary/aromatic N) is 4. The molecule has 1 aromatic heterocycles. The molecule has 0 amide bonds. The molecule has 41 valence electrons. The van der Waals surface area contributed by atoms with Gasteiger partial charge in [0.2, 0.25) is 6.33 Å². The second kappa shape index (κ2) is 2.20. The summed E-state index contributed by atoms with van der Waals surface area (Å²) in [6, 6.07) is 0. The quantitative estimate of drug-likeness (QED) is 0.488. The van der Waals surface area contributed by atoms with E-state index in [1.807, 2.05) is 0 Å². The zero-order valence-corrected chi connectivity index (χ0v) is 4.28. The lowest BCUT2D eigenvalue weighted by Gasteiger charge is -1.84. The Morgan fingerprint density at radius 2 is 2.62 bits per heavy atom. The maximum atomic E-state index is 3.60. The number of rotatable bonds is 2. The Balaban J connectivity index is 2.62. The molecule has 4 nitrogen and oxygen atoms in total. The van der Waals surface area contributed by atoms with Gasteiger partial charge in [0.15, 0.2) is 0 Å². The molecule has 0 fully saturated rings. The first-order valence-corrected chi connectivity index (χ1v) is 2.18. The lowest BCUT2D eigenvalue weighted by atomic mass is 10.7. The second-order valence-corrected chi connectivity index (χ2v) is 1.23. The van der Waals surface area contributed by atoms with Crippen LogP contribution in [0.3, 0.4) is 0 Å². The number of aromatic nitrogens is 4. The van der Waals surface area contributed by atoms with Gasteiger partial charge >= 0.3 is 0 Å². The summed E-state index contributed by atoms with van der Waals surface area (Å²) >= 11 is 0. The molecule has 0 bridgehead atoms. The van der Waals surface area contributed by atoms with Crippen LogP contribution in [0.5, 0.6) is 0 Å². The Morgan fingerprint density at radius 1 is 1.75 bits per heavy atom. The van der Waals surface area contributed by atoms with Crippen LogP contribution in [0.2, 0.25) is 0 Å². The standard InChI is InChI=1S/C4H5N4/c1-2-3-8-6-4-5-7-8/h2H,1,3H2. The first-order chi connectivity index (χ1) is 3.93. The molecule has 0 saturated carbocycles. The lowest BCUT2D eigenvalue weighted by Crippen LogP contribution is -1.98. The first-order valence-electron chi connectivity index (χ1n) is 2.18. The van der Waals surface area contributed by atoms with E-state index >= 15 is 0 Å². The monoisotopic (exact) mass is 109 g/mol. The van der Waals surface area contributed by atoms with Gasteiger partial charge in [-0.15, -0.1) is 16.8 Å². The summed E-state index contributed by atoms with van der Waals surface area (Å²) in [6.07, 6.45) is 4.01. The minimum absolute atomic E-state index is 0.594. The van der Waals surface area contributed by atoms with Crippen molar-refractivity contribution in [3.8, 4) is 0 Å². The van der Waals surface area contributed by atoms with Gasteiger partial charge in [-0.3, -0.25) is 0 Å². The second-order valence-electron chi connectivity index (χ2n) is 1.23. The van der Waals surface area contributed by atoms with Crippen molar-refractivity contribution >= 4 is 0 Å². The van der Waals surface area contributed by atoms with Crippen molar-refractivity contribution in [1.82, 2.24) is 20.2 Å². The van der Waals surface area contributed by atoms with E-state index in [1.54, 1.807) is 6.08 Å². The summed E-state index contributed by atoms with van der Waals surface area (Å²) < 4.78 is 0. The van der Waals surface area contributed by atoms with Gasteiger partial charge in [0.25, 0.3) is 0 Å². The minimum atomic E-state index is 0.594. The van der Waals surface area contributed by atoms with Crippen molar-refractivity contribution in [2.24, 2.45) is 0 Å². The van der Waals surface area contributed by atoms with E-state index in [-0.39, 0.29) is 0 Å². The van der Waals surface area contributed by atoms with E-state index in [0.29, 0.717) is 6.54 Å². The molecule has 0 aliphatic heterocycles. The highest BCUT2D eigenvalue weighted by Gasteiger charge is 1.83. The van der Waals surface area contributed by atoms with E-state index in [0.717, 1.165) is 0 Å². The van der Waals surface area contributed by atoms with Crippen LogP contribution < -0.4 is 0 Å². The van der Waals surface area contributed by atoms with Crippen LogP contribution in [0.25, 0.3) is 0 Å². The fraction of sp³-hybridized carbons (Fsp3) is 0.250. The molecule has 0 saturated heterocycles. The maximum Gasteiger partial charge on any atom is 0.245 e. The molecule has 1 aromatic rings. The normalized spacial score (nSPS) is 9.00. The van der Waals surface area contributed by atoms with E-state index in [1.165, 1.54) is 4.80 Å². The Morgan fingerprint density at radius 3 is 3.12 bits per heavy atom. The van der Waals surface area contributed by atoms with Gasteiger partial charge in [-0.1, -0.05) is 6.08 Å². The van der Waals surface area contributed by atoms with Gasteiger partial charge < -0.3 is 0 Å². The number of hydrogen-bond acceptors (Lipinski definition) is 3. The largest absolute Gasteiger partial charge is 0.245 e. The Bertz CT molecular complexity index is 155. The van der Waals surface area contributed by atoms with Crippen LogP contribution in [0.1, 0.15) is 0 Å². The fourth-order valence-electron chi connectivity index (χ4n) is 0.356. The molecule has 0 aliphatic carbocycles. The van der Waals surface area contributed by atoms with E-state index in [9.17, 15) is 0 Å². The lowest BCUT2D eigenvalue weighted by molar-refractivity contribution is 0.582. The van der Waals surface area contributed by atoms with Crippen LogP contribution in [-0.2, 0) is 6.54 Å². The predicted octanol–water partition coefficient (Wildman–Crippen LogP) is -0.341.